The number of carbonyl (C=O) groups excluding carboxylic acids is 2. The van der Waals surface area contributed by atoms with Crippen LogP contribution in [0.2, 0.25) is 0 Å². The molecule has 2 fully saturated rings. The molecule has 3 heterocycles. The third kappa shape index (κ3) is 6.59. The minimum atomic E-state index is -0.496. The summed E-state index contributed by atoms with van der Waals surface area (Å²) in [6.45, 7) is 5.43. The fraction of sp³-hybridized carbons (Fsp3) is 0.324. The number of nitrogens with one attached hydrogen (secondary N) is 1. The van der Waals surface area contributed by atoms with E-state index in [4.69, 9.17) is 16.9 Å². The molecule has 2 saturated heterocycles. The van der Waals surface area contributed by atoms with Gasteiger partial charge >= 0.3 is 0 Å². The van der Waals surface area contributed by atoms with Crippen molar-refractivity contribution in [2.75, 3.05) is 56.9 Å². The molecule has 3 aliphatic heterocycles. The Morgan fingerprint density at radius 1 is 1.02 bits per heavy atom. The Kier molecular flexibility index (Phi) is 9.04. The molecule has 1 spiro atoms. The number of aryl methyl sites for hydroxylation is 1. The first-order chi connectivity index (χ1) is 22.7. The van der Waals surface area contributed by atoms with E-state index in [-0.39, 0.29) is 11.8 Å². The number of hydrogen-bond donors (Lipinski definition) is 3. The molecule has 0 saturated carbocycles. The summed E-state index contributed by atoms with van der Waals surface area (Å²) in [6.07, 6.45) is 5.81. The molecular formula is C37H42N8O2. The summed E-state index contributed by atoms with van der Waals surface area (Å²) in [5, 5.41) is 8.82. The lowest BCUT2D eigenvalue weighted by Gasteiger charge is -2.29. The smallest absolute Gasteiger partial charge is 0.237 e. The van der Waals surface area contributed by atoms with Crippen LogP contribution in [0.25, 0.3) is 5.57 Å². The number of nitrogens with zero attached hydrogens (tertiary/aromatic N) is 5. The van der Waals surface area contributed by atoms with Crippen LogP contribution >= 0.6 is 0 Å². The molecule has 0 aliphatic carbocycles. The molecule has 10 nitrogen and oxygen atoms in total. The molecular weight excluding hydrogens is 588 g/mol. The number of carbonyl (C=O) groups is 2. The van der Waals surface area contributed by atoms with Crippen LogP contribution in [0.3, 0.4) is 0 Å². The van der Waals surface area contributed by atoms with Gasteiger partial charge in [-0.05, 0) is 68.1 Å². The van der Waals surface area contributed by atoms with Crippen LogP contribution in [0.15, 0.2) is 82.8 Å². The maximum Gasteiger partial charge on any atom is 0.237 e. The van der Waals surface area contributed by atoms with E-state index in [1.807, 2.05) is 77.4 Å². The van der Waals surface area contributed by atoms with Gasteiger partial charge in [0.15, 0.2) is 0 Å². The Bertz CT molecular complexity index is 1790. The SMILES string of the molecule is CN=CN=C(N)c1ccc(C2=CCN(C(=O)CN3CCC4(CCN(c5ccc(N)c(C(=N)c6cccc(C)c6)c5)C4=O)C3)CC2)cc1. The van der Waals surface area contributed by atoms with Gasteiger partial charge < -0.3 is 21.3 Å². The fourth-order valence-electron chi connectivity index (χ4n) is 6.92. The molecule has 0 bridgehead atoms. The third-order valence-corrected chi connectivity index (χ3v) is 9.65. The third-order valence-electron chi connectivity index (χ3n) is 9.65. The summed E-state index contributed by atoms with van der Waals surface area (Å²) in [5.74, 6) is 0.602. The van der Waals surface area contributed by atoms with Crippen molar-refractivity contribution < 1.29 is 9.59 Å². The van der Waals surface area contributed by atoms with E-state index in [9.17, 15) is 9.59 Å². The van der Waals surface area contributed by atoms with Gasteiger partial charge in [-0.25, -0.2) is 4.99 Å². The number of benzene rings is 3. The van der Waals surface area contributed by atoms with Crippen LogP contribution in [-0.4, -0.2) is 85.8 Å². The van der Waals surface area contributed by atoms with Crippen molar-refractivity contribution in [3.8, 4) is 0 Å². The van der Waals surface area contributed by atoms with E-state index in [1.165, 1.54) is 11.9 Å². The summed E-state index contributed by atoms with van der Waals surface area (Å²) in [6, 6.07) is 21.3. The number of amides is 2. The summed E-state index contributed by atoms with van der Waals surface area (Å²) in [7, 11) is 1.65. The topological polar surface area (TPSA) is 144 Å². The molecule has 5 N–H and O–H groups in total. The van der Waals surface area contributed by atoms with E-state index in [0.717, 1.165) is 47.2 Å². The molecule has 3 aliphatic rings. The van der Waals surface area contributed by atoms with Gasteiger partial charge in [0, 0.05) is 61.3 Å². The molecule has 1 atom stereocenters. The van der Waals surface area contributed by atoms with E-state index >= 15 is 0 Å². The highest BCUT2D eigenvalue weighted by molar-refractivity contribution is 6.15. The Balaban J connectivity index is 1.06. The van der Waals surface area contributed by atoms with Crippen LogP contribution in [-0.2, 0) is 9.59 Å². The van der Waals surface area contributed by atoms with E-state index in [0.29, 0.717) is 62.1 Å². The van der Waals surface area contributed by atoms with Gasteiger partial charge in [-0.15, -0.1) is 0 Å². The molecule has 10 heteroatoms. The van der Waals surface area contributed by atoms with Crippen LogP contribution in [0, 0.1) is 17.7 Å². The van der Waals surface area contributed by atoms with Gasteiger partial charge in [0.2, 0.25) is 11.8 Å². The highest BCUT2D eigenvalue weighted by Gasteiger charge is 2.51. The first-order valence-corrected chi connectivity index (χ1v) is 16.1. The Morgan fingerprint density at radius 2 is 1.81 bits per heavy atom. The molecule has 6 rings (SSSR count). The van der Waals surface area contributed by atoms with E-state index < -0.39 is 5.41 Å². The second-order valence-electron chi connectivity index (χ2n) is 12.7. The second-order valence-corrected chi connectivity index (χ2v) is 12.7. The van der Waals surface area contributed by atoms with Gasteiger partial charge in [-0.1, -0.05) is 54.1 Å². The van der Waals surface area contributed by atoms with Gasteiger partial charge in [0.25, 0.3) is 0 Å². The number of rotatable bonds is 8. The van der Waals surface area contributed by atoms with Crippen LogP contribution in [0.4, 0.5) is 11.4 Å². The van der Waals surface area contributed by atoms with Gasteiger partial charge in [-0.2, -0.15) is 0 Å². The molecule has 3 aromatic rings. The summed E-state index contributed by atoms with van der Waals surface area (Å²) in [5.41, 5.74) is 19.1. The van der Waals surface area contributed by atoms with Crippen LogP contribution in [0.1, 0.15) is 47.1 Å². The maximum atomic E-state index is 13.9. The number of hydrogen-bond acceptors (Lipinski definition) is 6. The predicted molar refractivity (Wildman–Crippen MR) is 189 cm³/mol. The van der Waals surface area contributed by atoms with Gasteiger partial charge in [0.05, 0.1) is 17.7 Å². The summed E-state index contributed by atoms with van der Waals surface area (Å²) in [4.78, 5) is 41.1. The lowest BCUT2D eigenvalue weighted by Crippen LogP contribution is -2.43. The molecule has 2 amide bonds. The Labute approximate surface area is 276 Å². The molecule has 47 heavy (non-hydrogen) atoms. The first kappa shape index (κ1) is 31.9. The molecule has 3 aromatic carbocycles. The Morgan fingerprint density at radius 3 is 2.53 bits per heavy atom. The maximum absolute atomic E-state index is 13.9. The minimum Gasteiger partial charge on any atom is -0.398 e. The van der Waals surface area contributed by atoms with Crippen molar-refractivity contribution in [2.24, 2.45) is 21.1 Å². The normalized spacial score (nSPS) is 20.4. The lowest BCUT2D eigenvalue weighted by molar-refractivity contribution is -0.132. The highest BCUT2D eigenvalue weighted by atomic mass is 16.2. The summed E-state index contributed by atoms with van der Waals surface area (Å²) < 4.78 is 0. The van der Waals surface area contributed by atoms with Crippen LogP contribution < -0.4 is 16.4 Å². The number of nitrogen functional groups attached to an aromatic ring is 1. The number of likely N-dealkylation sites (tertiary alicyclic amines) is 1. The summed E-state index contributed by atoms with van der Waals surface area (Å²) >= 11 is 0. The van der Waals surface area contributed by atoms with Gasteiger partial charge in [-0.3, -0.25) is 24.9 Å². The number of anilines is 2. The zero-order chi connectivity index (χ0) is 33.1. The number of nitrogens with two attached hydrogens (primary N) is 2. The van der Waals surface area contributed by atoms with Gasteiger partial charge in [0.1, 0.15) is 12.2 Å². The van der Waals surface area contributed by atoms with Crippen molar-refractivity contribution in [3.63, 3.8) is 0 Å². The van der Waals surface area contributed by atoms with Crippen molar-refractivity contribution in [3.05, 3.63) is 101 Å². The average molecular weight is 631 g/mol. The average Bonchev–Trinajstić information content (AvgIpc) is 3.65. The standard InChI is InChI=1S/C37H42N8O2/c1-25-4-3-5-29(20-25)34(39)31-21-30(10-11-32(31)38)45-19-15-37(36(45)47)14-18-43(23-37)22-33(46)44-16-12-27(13-17-44)26-6-8-28(9-7-26)35(40)42-24-41-2/h3-12,20-21,24,39H,13-19,22-23,38H2,1-2H3,(H2,40,41,42). The van der Waals surface area contributed by atoms with E-state index in [2.05, 4.69) is 21.0 Å². The number of amidine groups is 1. The largest absolute Gasteiger partial charge is 0.398 e. The molecule has 0 aromatic heterocycles. The van der Waals surface area contributed by atoms with Crippen molar-refractivity contribution in [2.45, 2.75) is 26.2 Å². The van der Waals surface area contributed by atoms with E-state index in [1.54, 1.807) is 13.1 Å². The molecule has 1 unspecified atom stereocenters. The highest BCUT2D eigenvalue weighted by Crippen LogP contribution is 2.43. The second kappa shape index (κ2) is 13.3. The van der Waals surface area contributed by atoms with Crippen LogP contribution in [0.5, 0.6) is 0 Å². The fourth-order valence-corrected chi connectivity index (χ4v) is 6.92. The molecule has 242 valence electrons. The first-order valence-electron chi connectivity index (χ1n) is 16.1. The van der Waals surface area contributed by atoms with Crippen molar-refractivity contribution in [1.29, 1.82) is 5.41 Å². The van der Waals surface area contributed by atoms with Crippen molar-refractivity contribution >= 4 is 46.6 Å². The molecule has 0 radical (unpaired) electrons. The predicted octanol–water partition coefficient (Wildman–Crippen LogP) is 4.10. The Hall–Kier alpha value is -5.09. The minimum absolute atomic E-state index is 0.0911. The number of aliphatic imine (C=N–C) groups is 2. The lowest BCUT2D eigenvalue weighted by atomic mass is 9.85. The quantitative estimate of drug-likeness (QED) is 0.195. The zero-order valence-electron chi connectivity index (χ0n) is 27.1. The monoisotopic (exact) mass is 630 g/mol. The zero-order valence-corrected chi connectivity index (χ0v) is 27.1. The van der Waals surface area contributed by atoms with Crippen molar-refractivity contribution in [1.82, 2.24) is 9.80 Å².